The van der Waals surface area contributed by atoms with Crippen molar-refractivity contribution in [3.05, 3.63) is 99.0 Å². The van der Waals surface area contributed by atoms with E-state index in [1.54, 1.807) is 18.3 Å². The van der Waals surface area contributed by atoms with Gasteiger partial charge in [0.2, 0.25) is 0 Å². The molecular weight excluding hydrogens is 474 g/mol. The van der Waals surface area contributed by atoms with Crippen LogP contribution in [0.1, 0.15) is 48.7 Å². The van der Waals surface area contributed by atoms with Crippen molar-refractivity contribution in [2.75, 3.05) is 16.0 Å². The highest BCUT2D eigenvalue weighted by Crippen LogP contribution is 2.33. The second kappa shape index (κ2) is 9.63. The van der Waals surface area contributed by atoms with E-state index in [2.05, 4.69) is 26.1 Å². The third kappa shape index (κ3) is 4.96. The SMILES string of the molecule is CC(=O)c1ccc(C(=O)Nc2ccc(Cc3ccc4c(c3)/C(=C/Nc3cc(C)n[nH]3)C(=O)N4)cc2)s1. The van der Waals surface area contributed by atoms with Gasteiger partial charge in [-0.25, -0.2) is 0 Å². The molecule has 2 amide bonds. The summed E-state index contributed by atoms with van der Waals surface area (Å²) in [7, 11) is 0. The molecule has 3 heterocycles. The standard InChI is InChI=1S/C27H23N5O3S/c1-15-11-25(32-31-15)28-14-21-20-13-18(5-8-22(20)30-26(21)34)12-17-3-6-19(7-4-17)29-27(35)24-10-9-23(36-24)16(2)33/h3-11,13-14H,12H2,1-2H3,(H,29,35)(H,30,34)(H2,28,31,32)/b21-14-. The van der Waals surface area contributed by atoms with Crippen molar-refractivity contribution in [2.24, 2.45) is 0 Å². The van der Waals surface area contributed by atoms with Gasteiger partial charge in [0.15, 0.2) is 5.78 Å². The van der Waals surface area contributed by atoms with E-state index in [0.29, 0.717) is 33.3 Å². The number of nitrogens with one attached hydrogen (secondary N) is 4. The van der Waals surface area contributed by atoms with E-state index in [1.807, 2.05) is 55.5 Å². The summed E-state index contributed by atoms with van der Waals surface area (Å²) < 4.78 is 0. The molecule has 36 heavy (non-hydrogen) atoms. The van der Waals surface area contributed by atoms with Gasteiger partial charge in [0.25, 0.3) is 11.8 Å². The van der Waals surface area contributed by atoms with Crippen LogP contribution < -0.4 is 16.0 Å². The monoisotopic (exact) mass is 497 g/mol. The van der Waals surface area contributed by atoms with Crippen molar-refractivity contribution >= 4 is 51.7 Å². The fourth-order valence-corrected chi connectivity index (χ4v) is 4.71. The smallest absolute Gasteiger partial charge is 0.265 e. The summed E-state index contributed by atoms with van der Waals surface area (Å²) in [5.41, 5.74) is 5.82. The zero-order valence-electron chi connectivity index (χ0n) is 19.6. The second-order valence-corrected chi connectivity index (χ2v) is 9.59. The van der Waals surface area contributed by atoms with Crippen LogP contribution in [0.3, 0.4) is 0 Å². The molecule has 4 aromatic rings. The molecule has 0 saturated carbocycles. The number of hydrogen-bond donors (Lipinski definition) is 4. The summed E-state index contributed by atoms with van der Waals surface area (Å²) in [5.74, 6) is 0.256. The number of Topliss-reactive ketones (excluding diaryl/α,β-unsaturated/α-hetero) is 1. The summed E-state index contributed by atoms with van der Waals surface area (Å²) in [4.78, 5) is 37.5. The third-order valence-electron chi connectivity index (χ3n) is 5.74. The van der Waals surface area contributed by atoms with E-state index in [9.17, 15) is 14.4 Å². The lowest BCUT2D eigenvalue weighted by Crippen LogP contribution is -2.10. The van der Waals surface area contributed by atoms with Gasteiger partial charge in [-0.2, -0.15) is 5.10 Å². The van der Waals surface area contributed by atoms with E-state index in [0.717, 1.165) is 28.1 Å². The van der Waals surface area contributed by atoms with E-state index in [4.69, 9.17) is 0 Å². The zero-order chi connectivity index (χ0) is 25.2. The lowest BCUT2D eigenvalue weighted by Gasteiger charge is -2.08. The molecule has 1 aliphatic heterocycles. The number of rotatable bonds is 7. The maximum Gasteiger partial charge on any atom is 0.265 e. The maximum atomic E-state index is 12.5. The van der Waals surface area contributed by atoms with E-state index < -0.39 is 0 Å². The van der Waals surface area contributed by atoms with Crippen LogP contribution in [0, 0.1) is 6.92 Å². The number of aromatic amines is 1. The predicted octanol–water partition coefficient (Wildman–Crippen LogP) is 5.23. The molecule has 0 atom stereocenters. The van der Waals surface area contributed by atoms with Gasteiger partial charge in [0, 0.05) is 29.2 Å². The maximum absolute atomic E-state index is 12.5. The lowest BCUT2D eigenvalue weighted by molar-refractivity contribution is -0.110. The number of aromatic nitrogens is 2. The quantitative estimate of drug-likeness (QED) is 0.206. The van der Waals surface area contributed by atoms with Crippen molar-refractivity contribution in [3.63, 3.8) is 0 Å². The lowest BCUT2D eigenvalue weighted by atomic mass is 9.99. The molecule has 0 unspecified atom stereocenters. The van der Waals surface area contributed by atoms with Crippen LogP contribution in [-0.4, -0.2) is 27.8 Å². The first-order chi connectivity index (χ1) is 17.4. The molecule has 8 nitrogen and oxygen atoms in total. The molecule has 0 spiro atoms. The van der Waals surface area contributed by atoms with Gasteiger partial charge in [-0.05, 0) is 67.8 Å². The van der Waals surface area contributed by atoms with Crippen molar-refractivity contribution in [2.45, 2.75) is 20.3 Å². The Morgan fingerprint density at radius 3 is 2.44 bits per heavy atom. The molecule has 0 saturated heterocycles. The summed E-state index contributed by atoms with van der Waals surface area (Å²) in [6, 6.07) is 18.7. The minimum atomic E-state index is -0.241. The highest BCUT2D eigenvalue weighted by molar-refractivity contribution is 7.16. The summed E-state index contributed by atoms with van der Waals surface area (Å²) in [5, 5.41) is 15.8. The molecule has 9 heteroatoms. The fraction of sp³-hybridized carbons (Fsp3) is 0.111. The normalized spacial score (nSPS) is 13.4. The highest BCUT2D eigenvalue weighted by Gasteiger charge is 2.24. The van der Waals surface area contributed by atoms with E-state index in [-0.39, 0.29) is 17.6 Å². The van der Waals surface area contributed by atoms with E-state index in [1.165, 1.54) is 18.3 Å². The van der Waals surface area contributed by atoms with Crippen molar-refractivity contribution in [1.29, 1.82) is 0 Å². The minimum Gasteiger partial charge on any atom is -0.346 e. The van der Waals surface area contributed by atoms with Crippen molar-refractivity contribution in [1.82, 2.24) is 10.2 Å². The van der Waals surface area contributed by atoms with Crippen LogP contribution in [0.2, 0.25) is 0 Å². The number of fused-ring (bicyclic) bond motifs is 1. The summed E-state index contributed by atoms with van der Waals surface area (Å²) in [6.45, 7) is 3.37. The predicted molar refractivity (Wildman–Crippen MR) is 142 cm³/mol. The van der Waals surface area contributed by atoms with Gasteiger partial charge in [-0.1, -0.05) is 18.2 Å². The highest BCUT2D eigenvalue weighted by atomic mass is 32.1. The Bertz CT molecular complexity index is 1510. The Hall–Kier alpha value is -4.50. The van der Waals surface area contributed by atoms with Crippen LogP contribution in [-0.2, 0) is 11.2 Å². The minimum absolute atomic E-state index is 0.0538. The van der Waals surface area contributed by atoms with Gasteiger partial charge in [-0.15, -0.1) is 11.3 Å². The topological polar surface area (TPSA) is 116 Å². The number of carbonyl (C=O) groups excluding carboxylic acids is 3. The Balaban J connectivity index is 1.27. The Morgan fingerprint density at radius 2 is 1.75 bits per heavy atom. The Kier molecular flexibility index (Phi) is 6.22. The van der Waals surface area contributed by atoms with Crippen LogP contribution >= 0.6 is 11.3 Å². The Labute approximate surface area is 211 Å². The number of hydrogen-bond acceptors (Lipinski definition) is 6. The molecule has 0 bridgehead atoms. The van der Waals surface area contributed by atoms with Crippen LogP contribution in [0.4, 0.5) is 17.2 Å². The van der Waals surface area contributed by atoms with Gasteiger partial charge in [0.05, 0.1) is 21.0 Å². The molecule has 0 aliphatic carbocycles. The van der Waals surface area contributed by atoms with Gasteiger partial charge >= 0.3 is 0 Å². The van der Waals surface area contributed by atoms with Crippen molar-refractivity contribution in [3.8, 4) is 0 Å². The molecule has 180 valence electrons. The number of nitrogens with zero attached hydrogens (tertiary/aromatic N) is 1. The van der Waals surface area contributed by atoms with Crippen LogP contribution in [0.5, 0.6) is 0 Å². The molecular formula is C27H23N5O3S. The molecule has 0 radical (unpaired) electrons. The van der Waals surface area contributed by atoms with Crippen LogP contribution in [0.25, 0.3) is 5.57 Å². The molecule has 1 aliphatic rings. The second-order valence-electron chi connectivity index (χ2n) is 8.51. The molecule has 4 N–H and O–H groups in total. The first-order valence-corrected chi connectivity index (χ1v) is 12.1. The number of thiophene rings is 1. The Morgan fingerprint density at radius 1 is 1.00 bits per heavy atom. The largest absolute Gasteiger partial charge is 0.346 e. The van der Waals surface area contributed by atoms with Gasteiger partial charge in [0.1, 0.15) is 5.82 Å². The molecule has 2 aromatic heterocycles. The summed E-state index contributed by atoms with van der Waals surface area (Å²) >= 11 is 1.18. The average molecular weight is 498 g/mol. The molecule has 5 rings (SSSR count). The molecule has 0 fully saturated rings. The first-order valence-electron chi connectivity index (χ1n) is 11.3. The third-order valence-corrected chi connectivity index (χ3v) is 6.93. The number of benzene rings is 2. The van der Waals surface area contributed by atoms with Crippen LogP contribution in [0.15, 0.2) is 66.9 Å². The number of amides is 2. The number of aryl methyl sites for hydroxylation is 1. The van der Waals surface area contributed by atoms with Gasteiger partial charge < -0.3 is 16.0 Å². The van der Waals surface area contributed by atoms with Crippen molar-refractivity contribution < 1.29 is 14.4 Å². The number of H-pyrrole nitrogens is 1. The van der Waals surface area contributed by atoms with Gasteiger partial charge in [-0.3, -0.25) is 19.5 Å². The fourth-order valence-electron chi connectivity index (χ4n) is 3.92. The first kappa shape index (κ1) is 23.3. The number of carbonyl (C=O) groups is 3. The molecule has 2 aromatic carbocycles. The average Bonchev–Trinajstić information content (AvgIpc) is 3.58. The number of ketones is 1. The zero-order valence-corrected chi connectivity index (χ0v) is 20.5. The number of anilines is 3. The summed E-state index contributed by atoms with van der Waals surface area (Å²) in [6.07, 6.45) is 2.35. The van der Waals surface area contributed by atoms with E-state index >= 15 is 0 Å².